The van der Waals surface area contributed by atoms with Crippen LogP contribution in [-0.2, 0) is 9.53 Å². The molecule has 1 amide bonds. The number of carbonyl (C=O) groups excluding carboxylic acids is 1. The van der Waals surface area contributed by atoms with Gasteiger partial charge in [0.1, 0.15) is 0 Å². The number of methoxy groups -OCH3 is 1. The van der Waals surface area contributed by atoms with Gasteiger partial charge in [0.25, 0.3) is 5.69 Å². The van der Waals surface area contributed by atoms with Crippen LogP contribution in [0.15, 0.2) is 30.3 Å². The zero-order valence-electron chi connectivity index (χ0n) is 11.9. The lowest BCUT2D eigenvalue weighted by Crippen LogP contribution is -2.35. The average molecular weight is 294 g/mol. The van der Waals surface area contributed by atoms with Crippen LogP contribution < -0.4 is 0 Å². The van der Waals surface area contributed by atoms with E-state index in [0.717, 1.165) is 0 Å². The topological polar surface area (TPSA) is 92.9 Å². The van der Waals surface area contributed by atoms with Crippen molar-refractivity contribution < 1.29 is 19.6 Å². The lowest BCUT2D eigenvalue weighted by atomic mass is 10.2. The summed E-state index contributed by atoms with van der Waals surface area (Å²) in [5.41, 5.74) is 0.679. The van der Waals surface area contributed by atoms with Crippen molar-refractivity contribution in [3.63, 3.8) is 0 Å². The Morgan fingerprint density at radius 2 is 2.10 bits per heavy atom. The highest BCUT2D eigenvalue weighted by molar-refractivity contribution is 5.91. The summed E-state index contributed by atoms with van der Waals surface area (Å²) >= 11 is 0. The summed E-state index contributed by atoms with van der Waals surface area (Å²) in [5.74, 6) is -0.275. The first-order valence-electron chi connectivity index (χ1n) is 6.28. The number of likely N-dealkylation sites (N-methyl/N-ethyl adjacent to an activating group) is 1. The summed E-state index contributed by atoms with van der Waals surface area (Å²) in [7, 11) is 3.04. The fraction of sp³-hybridized carbons (Fsp3) is 0.357. The van der Waals surface area contributed by atoms with Gasteiger partial charge in [-0.05, 0) is 23.8 Å². The van der Waals surface area contributed by atoms with E-state index in [1.165, 1.54) is 30.2 Å². The molecule has 1 N–H and O–H groups in total. The minimum atomic E-state index is -0.739. The largest absolute Gasteiger partial charge is 0.389 e. The maximum atomic E-state index is 11.8. The predicted octanol–water partition coefficient (Wildman–Crippen LogP) is 1.07. The first kappa shape index (κ1) is 16.8. The second-order valence-corrected chi connectivity index (χ2v) is 4.51. The van der Waals surface area contributed by atoms with Crippen molar-refractivity contribution >= 4 is 17.7 Å². The molecule has 7 heteroatoms. The second kappa shape index (κ2) is 8.13. The van der Waals surface area contributed by atoms with E-state index in [1.54, 1.807) is 25.3 Å². The van der Waals surface area contributed by atoms with Crippen LogP contribution in [0.4, 0.5) is 5.69 Å². The van der Waals surface area contributed by atoms with E-state index in [-0.39, 0.29) is 24.7 Å². The third kappa shape index (κ3) is 5.72. The minimum Gasteiger partial charge on any atom is -0.389 e. The van der Waals surface area contributed by atoms with E-state index in [1.807, 2.05) is 0 Å². The van der Waals surface area contributed by atoms with Crippen molar-refractivity contribution in [1.82, 2.24) is 4.90 Å². The molecule has 0 bridgehead atoms. The number of ether oxygens (including phenoxy) is 1. The summed E-state index contributed by atoms with van der Waals surface area (Å²) in [6, 6.07) is 5.86. The highest BCUT2D eigenvalue weighted by Gasteiger charge is 2.11. The Bertz CT molecular complexity index is 513. The van der Waals surface area contributed by atoms with Crippen LogP contribution in [0.25, 0.3) is 6.08 Å². The lowest BCUT2D eigenvalue weighted by Gasteiger charge is -2.18. The molecule has 1 aromatic rings. The summed E-state index contributed by atoms with van der Waals surface area (Å²) in [6.07, 6.45) is 2.17. The van der Waals surface area contributed by atoms with Crippen molar-refractivity contribution in [2.45, 2.75) is 6.10 Å². The molecule has 0 aliphatic heterocycles. The van der Waals surface area contributed by atoms with Crippen molar-refractivity contribution in [3.8, 4) is 0 Å². The molecule has 1 unspecified atom stereocenters. The third-order valence-electron chi connectivity index (χ3n) is 2.74. The van der Waals surface area contributed by atoms with Gasteiger partial charge in [0.05, 0.1) is 17.6 Å². The Labute approximate surface area is 122 Å². The zero-order valence-corrected chi connectivity index (χ0v) is 11.9. The molecule has 0 spiro atoms. The van der Waals surface area contributed by atoms with Gasteiger partial charge in [-0.25, -0.2) is 0 Å². The van der Waals surface area contributed by atoms with Crippen LogP contribution in [0.5, 0.6) is 0 Å². The van der Waals surface area contributed by atoms with Gasteiger partial charge in [0, 0.05) is 38.9 Å². The monoisotopic (exact) mass is 294 g/mol. The van der Waals surface area contributed by atoms with Crippen LogP contribution in [0, 0.1) is 10.1 Å². The molecule has 1 rings (SSSR count). The molecular formula is C14H18N2O5. The molecule has 0 saturated heterocycles. The Kier molecular flexibility index (Phi) is 6.51. The predicted molar refractivity (Wildman–Crippen MR) is 77.7 cm³/mol. The number of carbonyl (C=O) groups is 1. The van der Waals surface area contributed by atoms with E-state index in [4.69, 9.17) is 4.74 Å². The van der Waals surface area contributed by atoms with Crippen molar-refractivity contribution in [1.29, 1.82) is 0 Å². The number of aliphatic hydroxyl groups is 1. The maximum Gasteiger partial charge on any atom is 0.269 e. The van der Waals surface area contributed by atoms with Gasteiger partial charge in [-0.1, -0.05) is 0 Å². The van der Waals surface area contributed by atoms with Gasteiger partial charge >= 0.3 is 0 Å². The molecule has 0 aliphatic rings. The summed E-state index contributed by atoms with van der Waals surface area (Å²) in [4.78, 5) is 23.2. The number of nitro benzene ring substituents is 1. The van der Waals surface area contributed by atoms with E-state index < -0.39 is 11.0 Å². The van der Waals surface area contributed by atoms with Gasteiger partial charge < -0.3 is 14.7 Å². The number of aliphatic hydroxyl groups excluding tert-OH is 1. The van der Waals surface area contributed by atoms with E-state index in [9.17, 15) is 20.0 Å². The van der Waals surface area contributed by atoms with Gasteiger partial charge in [-0.2, -0.15) is 0 Å². The molecule has 0 heterocycles. The minimum absolute atomic E-state index is 0.00159. The highest BCUT2D eigenvalue weighted by Crippen LogP contribution is 2.12. The van der Waals surface area contributed by atoms with E-state index in [0.29, 0.717) is 5.56 Å². The summed E-state index contributed by atoms with van der Waals surface area (Å²) in [5, 5.41) is 20.0. The SMILES string of the molecule is COCC(O)CN(C)C(=O)C=Cc1ccc([N+](=O)[O-])cc1. The average Bonchev–Trinajstić information content (AvgIpc) is 2.45. The molecule has 1 aromatic carbocycles. The molecule has 0 aromatic heterocycles. The molecule has 1 atom stereocenters. The smallest absolute Gasteiger partial charge is 0.269 e. The highest BCUT2D eigenvalue weighted by atomic mass is 16.6. The van der Waals surface area contributed by atoms with Gasteiger partial charge in [-0.15, -0.1) is 0 Å². The van der Waals surface area contributed by atoms with Crippen LogP contribution >= 0.6 is 0 Å². The summed E-state index contributed by atoms with van der Waals surface area (Å²) < 4.78 is 4.78. The number of rotatable bonds is 7. The molecule has 0 aliphatic carbocycles. The first-order chi connectivity index (χ1) is 9.93. The van der Waals surface area contributed by atoms with E-state index >= 15 is 0 Å². The van der Waals surface area contributed by atoms with Gasteiger partial charge in [-0.3, -0.25) is 14.9 Å². The van der Waals surface area contributed by atoms with Crippen molar-refractivity contribution in [3.05, 3.63) is 46.0 Å². The van der Waals surface area contributed by atoms with Gasteiger partial charge in [0.2, 0.25) is 5.91 Å². The Morgan fingerprint density at radius 1 is 1.48 bits per heavy atom. The number of nitrogens with zero attached hydrogens (tertiary/aromatic N) is 2. The number of non-ortho nitro benzene ring substituents is 1. The quantitative estimate of drug-likeness (QED) is 0.461. The molecular weight excluding hydrogens is 276 g/mol. The molecule has 0 fully saturated rings. The second-order valence-electron chi connectivity index (χ2n) is 4.51. The maximum absolute atomic E-state index is 11.8. The molecule has 7 nitrogen and oxygen atoms in total. The van der Waals surface area contributed by atoms with Crippen molar-refractivity contribution in [2.24, 2.45) is 0 Å². The lowest BCUT2D eigenvalue weighted by molar-refractivity contribution is -0.384. The fourth-order valence-corrected chi connectivity index (χ4v) is 1.65. The van der Waals surface area contributed by atoms with Crippen molar-refractivity contribution in [2.75, 3.05) is 27.3 Å². The summed E-state index contributed by atoms with van der Waals surface area (Å²) in [6.45, 7) is 0.320. The van der Waals surface area contributed by atoms with Crippen LogP contribution in [0.3, 0.4) is 0 Å². The Balaban J connectivity index is 2.58. The molecule has 0 saturated carbocycles. The molecule has 0 radical (unpaired) electrons. The molecule has 21 heavy (non-hydrogen) atoms. The Hall–Kier alpha value is -2.25. The van der Waals surface area contributed by atoms with Gasteiger partial charge in [0.15, 0.2) is 0 Å². The van der Waals surface area contributed by atoms with E-state index in [2.05, 4.69) is 0 Å². The number of hydrogen-bond donors (Lipinski definition) is 1. The van der Waals surface area contributed by atoms with Crippen LogP contribution in [-0.4, -0.2) is 54.3 Å². The Morgan fingerprint density at radius 3 is 2.62 bits per heavy atom. The van der Waals surface area contributed by atoms with Crippen LogP contribution in [0.2, 0.25) is 0 Å². The standard InChI is InChI=1S/C14H18N2O5/c1-15(9-13(17)10-21-2)14(18)8-5-11-3-6-12(7-4-11)16(19)20/h3-8,13,17H,9-10H2,1-2H3. The third-order valence-corrected chi connectivity index (χ3v) is 2.74. The number of hydrogen-bond acceptors (Lipinski definition) is 5. The van der Waals surface area contributed by atoms with Crippen LogP contribution in [0.1, 0.15) is 5.56 Å². The molecule has 114 valence electrons. The first-order valence-corrected chi connectivity index (χ1v) is 6.28. The number of nitro groups is 1. The number of benzene rings is 1. The number of amides is 1. The normalized spacial score (nSPS) is 12.3. The fourth-order valence-electron chi connectivity index (χ4n) is 1.65. The zero-order chi connectivity index (χ0) is 15.8.